The quantitative estimate of drug-likeness (QED) is 0.667. The predicted octanol–water partition coefficient (Wildman–Crippen LogP) is 3.21. The van der Waals surface area contributed by atoms with Gasteiger partial charge in [0.15, 0.2) is 0 Å². The predicted molar refractivity (Wildman–Crippen MR) is 60.2 cm³/mol. The fourth-order valence-electron chi connectivity index (χ4n) is 1.87. The highest BCUT2D eigenvalue weighted by Crippen LogP contribution is 2.30. The number of rotatable bonds is 6. The average molecular weight is 202 g/mol. The van der Waals surface area contributed by atoms with Gasteiger partial charge in [0.25, 0.3) is 0 Å². The maximum Gasteiger partial charge on any atom is 0.0658 e. The van der Waals surface area contributed by atoms with Crippen LogP contribution in [0.3, 0.4) is 0 Å². The number of hydrogen-bond donors (Lipinski definition) is 1. The van der Waals surface area contributed by atoms with Gasteiger partial charge in [0.1, 0.15) is 0 Å². The summed E-state index contributed by atoms with van der Waals surface area (Å²) in [7, 11) is 0. The smallest absolute Gasteiger partial charge is 0.0658 e. The Labute approximate surface area is 86.3 Å². The first kappa shape index (κ1) is 11.4. The summed E-state index contributed by atoms with van der Waals surface area (Å²) < 4.78 is 0. The highest BCUT2D eigenvalue weighted by molar-refractivity contribution is 8.00. The maximum atomic E-state index is 9.83. The van der Waals surface area contributed by atoms with Crippen LogP contribution >= 0.6 is 11.8 Å². The van der Waals surface area contributed by atoms with Gasteiger partial charge < -0.3 is 5.11 Å². The van der Waals surface area contributed by atoms with Crippen molar-refractivity contribution < 1.29 is 5.11 Å². The van der Waals surface area contributed by atoms with E-state index >= 15 is 0 Å². The van der Waals surface area contributed by atoms with Crippen LogP contribution in [0.5, 0.6) is 0 Å². The Morgan fingerprint density at radius 3 is 2.85 bits per heavy atom. The number of unbranched alkanes of at least 4 members (excludes halogenated alkanes) is 3. The van der Waals surface area contributed by atoms with Crippen LogP contribution in [0.2, 0.25) is 0 Å². The second-order valence-electron chi connectivity index (χ2n) is 3.97. The fraction of sp³-hybridized carbons (Fsp3) is 1.00. The molecule has 1 nitrogen and oxygen atoms in total. The SMILES string of the molecule is CCCCCCC(O)C1CCCS1. The Balaban J connectivity index is 1.99. The maximum absolute atomic E-state index is 9.83. The third-order valence-corrected chi connectivity index (χ3v) is 4.25. The van der Waals surface area contributed by atoms with Crippen LogP contribution in [-0.2, 0) is 0 Å². The molecule has 0 aromatic carbocycles. The van der Waals surface area contributed by atoms with Crippen LogP contribution in [0.15, 0.2) is 0 Å². The molecule has 0 aliphatic carbocycles. The highest BCUT2D eigenvalue weighted by Gasteiger charge is 2.22. The molecule has 1 aliphatic rings. The summed E-state index contributed by atoms with van der Waals surface area (Å²) in [5.74, 6) is 1.26. The first-order valence-electron chi connectivity index (χ1n) is 5.64. The minimum absolute atomic E-state index is 0.0237. The van der Waals surface area contributed by atoms with E-state index in [0.29, 0.717) is 5.25 Å². The van der Waals surface area contributed by atoms with E-state index in [2.05, 4.69) is 6.92 Å². The highest BCUT2D eigenvalue weighted by atomic mass is 32.2. The normalized spacial score (nSPS) is 24.9. The Kier molecular flexibility index (Phi) is 5.88. The van der Waals surface area contributed by atoms with Crippen molar-refractivity contribution in [1.29, 1.82) is 0 Å². The Bertz CT molecular complexity index is 121. The average Bonchev–Trinajstić information content (AvgIpc) is 2.65. The molecule has 0 saturated carbocycles. The van der Waals surface area contributed by atoms with Gasteiger partial charge in [0.05, 0.1) is 6.10 Å². The number of aliphatic hydroxyl groups is 1. The summed E-state index contributed by atoms with van der Waals surface area (Å²) in [6, 6.07) is 0. The second-order valence-corrected chi connectivity index (χ2v) is 5.32. The van der Waals surface area contributed by atoms with Crippen molar-refractivity contribution in [1.82, 2.24) is 0 Å². The molecule has 2 atom stereocenters. The molecule has 2 heteroatoms. The molecule has 1 saturated heterocycles. The van der Waals surface area contributed by atoms with E-state index in [4.69, 9.17) is 0 Å². The first-order valence-corrected chi connectivity index (χ1v) is 6.69. The summed E-state index contributed by atoms with van der Waals surface area (Å²) in [4.78, 5) is 0. The molecule has 1 rings (SSSR count). The zero-order valence-electron chi connectivity index (χ0n) is 8.67. The van der Waals surface area contributed by atoms with Crippen LogP contribution < -0.4 is 0 Å². The summed E-state index contributed by atoms with van der Waals surface area (Å²) in [5.41, 5.74) is 0. The Morgan fingerprint density at radius 1 is 1.38 bits per heavy atom. The van der Waals surface area contributed by atoms with Gasteiger partial charge in [0, 0.05) is 5.25 Å². The van der Waals surface area contributed by atoms with Crippen molar-refractivity contribution in [2.24, 2.45) is 0 Å². The van der Waals surface area contributed by atoms with E-state index in [1.165, 1.54) is 44.3 Å². The van der Waals surface area contributed by atoms with E-state index in [9.17, 15) is 5.11 Å². The number of aliphatic hydroxyl groups excluding tert-OH is 1. The minimum atomic E-state index is -0.0237. The molecule has 78 valence electrons. The molecule has 0 aromatic heterocycles. The Morgan fingerprint density at radius 2 is 2.23 bits per heavy atom. The third-order valence-electron chi connectivity index (χ3n) is 2.75. The van der Waals surface area contributed by atoms with Gasteiger partial charge >= 0.3 is 0 Å². The van der Waals surface area contributed by atoms with Crippen molar-refractivity contribution >= 4 is 11.8 Å². The molecule has 2 unspecified atom stereocenters. The zero-order chi connectivity index (χ0) is 9.52. The number of thioether (sulfide) groups is 1. The van der Waals surface area contributed by atoms with Gasteiger partial charge in [-0.15, -0.1) is 0 Å². The lowest BCUT2D eigenvalue weighted by atomic mass is 10.0. The molecular weight excluding hydrogens is 180 g/mol. The van der Waals surface area contributed by atoms with Gasteiger partial charge in [-0.3, -0.25) is 0 Å². The topological polar surface area (TPSA) is 20.2 Å². The summed E-state index contributed by atoms with van der Waals surface area (Å²) >= 11 is 1.96. The van der Waals surface area contributed by atoms with Crippen molar-refractivity contribution in [2.75, 3.05) is 5.75 Å². The van der Waals surface area contributed by atoms with Gasteiger partial charge in [0.2, 0.25) is 0 Å². The van der Waals surface area contributed by atoms with E-state index in [1.807, 2.05) is 11.8 Å². The van der Waals surface area contributed by atoms with Gasteiger partial charge in [-0.1, -0.05) is 32.6 Å². The molecule has 0 radical (unpaired) electrons. The molecule has 13 heavy (non-hydrogen) atoms. The lowest BCUT2D eigenvalue weighted by Gasteiger charge is -2.16. The van der Waals surface area contributed by atoms with Gasteiger partial charge in [-0.25, -0.2) is 0 Å². The molecule has 0 amide bonds. The van der Waals surface area contributed by atoms with Crippen molar-refractivity contribution in [3.63, 3.8) is 0 Å². The largest absolute Gasteiger partial charge is 0.392 e. The molecule has 1 fully saturated rings. The molecule has 0 bridgehead atoms. The van der Waals surface area contributed by atoms with Gasteiger partial charge in [-0.2, -0.15) is 11.8 Å². The standard InChI is InChI=1S/C11H22OS/c1-2-3-4-5-7-10(12)11-8-6-9-13-11/h10-12H,2-9H2,1H3. The van der Waals surface area contributed by atoms with E-state index in [-0.39, 0.29) is 6.10 Å². The fourth-order valence-corrected chi connectivity index (χ4v) is 3.20. The molecule has 0 aromatic rings. The lowest BCUT2D eigenvalue weighted by molar-refractivity contribution is 0.156. The van der Waals surface area contributed by atoms with Crippen LogP contribution in [-0.4, -0.2) is 22.2 Å². The van der Waals surface area contributed by atoms with E-state index in [0.717, 1.165) is 6.42 Å². The molecular formula is C11H22OS. The van der Waals surface area contributed by atoms with Crippen molar-refractivity contribution in [3.8, 4) is 0 Å². The van der Waals surface area contributed by atoms with E-state index < -0.39 is 0 Å². The Hall–Kier alpha value is 0.310. The summed E-state index contributed by atoms with van der Waals surface area (Å²) in [5, 5.41) is 10.4. The third kappa shape index (κ3) is 4.37. The summed E-state index contributed by atoms with van der Waals surface area (Å²) in [6.07, 6.45) is 8.67. The van der Waals surface area contributed by atoms with Crippen LogP contribution in [0, 0.1) is 0 Å². The van der Waals surface area contributed by atoms with Crippen LogP contribution in [0.1, 0.15) is 51.9 Å². The molecule has 1 heterocycles. The van der Waals surface area contributed by atoms with Crippen molar-refractivity contribution in [2.45, 2.75) is 63.2 Å². The van der Waals surface area contributed by atoms with Gasteiger partial charge in [-0.05, 0) is 25.0 Å². The summed E-state index contributed by atoms with van der Waals surface area (Å²) in [6.45, 7) is 2.23. The van der Waals surface area contributed by atoms with Crippen LogP contribution in [0.4, 0.5) is 0 Å². The molecule has 0 spiro atoms. The molecule has 1 N–H and O–H groups in total. The molecule has 1 aliphatic heterocycles. The zero-order valence-corrected chi connectivity index (χ0v) is 9.48. The number of hydrogen-bond acceptors (Lipinski definition) is 2. The lowest BCUT2D eigenvalue weighted by Crippen LogP contribution is -2.20. The monoisotopic (exact) mass is 202 g/mol. The van der Waals surface area contributed by atoms with E-state index in [1.54, 1.807) is 0 Å². The van der Waals surface area contributed by atoms with Crippen molar-refractivity contribution in [3.05, 3.63) is 0 Å². The minimum Gasteiger partial charge on any atom is -0.392 e. The first-order chi connectivity index (χ1) is 6.34. The van der Waals surface area contributed by atoms with Crippen LogP contribution in [0.25, 0.3) is 0 Å². The second kappa shape index (κ2) is 6.72.